The average Bonchev–Trinajstić information content (AvgIpc) is 2.69. The predicted octanol–water partition coefficient (Wildman–Crippen LogP) is 2.51. The lowest BCUT2D eigenvalue weighted by Gasteiger charge is -2.20. The number of aryl methyl sites for hydroxylation is 2. The average molecular weight is 266 g/mol. The van der Waals surface area contributed by atoms with Gasteiger partial charge in [-0.15, -0.1) is 0 Å². The van der Waals surface area contributed by atoms with Crippen LogP contribution in [0.2, 0.25) is 0 Å². The molecule has 110 valence electrons. The molecule has 0 aromatic carbocycles. The summed E-state index contributed by atoms with van der Waals surface area (Å²) in [7, 11) is 0. The second-order valence-corrected chi connectivity index (χ2v) is 5.10. The van der Waals surface area contributed by atoms with Gasteiger partial charge in [0, 0.05) is 36.9 Å². The highest BCUT2D eigenvalue weighted by molar-refractivity contribution is 5.27. The van der Waals surface area contributed by atoms with Gasteiger partial charge in [-0.2, -0.15) is 5.10 Å². The van der Waals surface area contributed by atoms with Crippen molar-refractivity contribution in [3.63, 3.8) is 0 Å². The highest BCUT2D eigenvalue weighted by atomic mass is 15.3. The quantitative estimate of drug-likeness (QED) is 0.785. The Hall–Kier alpha value is -0.870. The van der Waals surface area contributed by atoms with Crippen LogP contribution in [0.3, 0.4) is 0 Å². The maximum atomic E-state index is 4.59. The van der Waals surface area contributed by atoms with E-state index in [0.29, 0.717) is 6.04 Å². The van der Waals surface area contributed by atoms with Crippen molar-refractivity contribution < 1.29 is 0 Å². The molecule has 1 heterocycles. The second kappa shape index (κ2) is 7.65. The summed E-state index contributed by atoms with van der Waals surface area (Å²) >= 11 is 0. The third kappa shape index (κ3) is 4.05. The van der Waals surface area contributed by atoms with Crippen molar-refractivity contribution >= 4 is 0 Å². The second-order valence-electron chi connectivity index (χ2n) is 5.10. The third-order valence-corrected chi connectivity index (χ3v) is 3.94. The van der Waals surface area contributed by atoms with E-state index in [1.807, 2.05) is 0 Å². The van der Waals surface area contributed by atoms with Gasteiger partial charge in [0.2, 0.25) is 0 Å². The van der Waals surface area contributed by atoms with Crippen molar-refractivity contribution in [2.24, 2.45) is 0 Å². The molecule has 4 heteroatoms. The molecule has 0 spiro atoms. The Bertz CT molecular complexity index is 380. The van der Waals surface area contributed by atoms with Crippen LogP contribution in [-0.4, -0.2) is 40.9 Å². The molecule has 0 aliphatic heterocycles. The van der Waals surface area contributed by atoms with E-state index < -0.39 is 0 Å². The molecule has 0 saturated heterocycles. The minimum absolute atomic E-state index is 0.371. The fraction of sp³-hybridized carbons (Fsp3) is 0.800. The summed E-state index contributed by atoms with van der Waals surface area (Å²) in [6.45, 7) is 18.4. The van der Waals surface area contributed by atoms with Gasteiger partial charge in [-0.3, -0.25) is 4.68 Å². The van der Waals surface area contributed by atoms with E-state index in [9.17, 15) is 0 Å². The summed E-state index contributed by atoms with van der Waals surface area (Å²) in [6, 6.07) is 0.371. The van der Waals surface area contributed by atoms with E-state index in [1.165, 1.54) is 11.3 Å². The van der Waals surface area contributed by atoms with Gasteiger partial charge in [-0.05, 0) is 40.8 Å². The van der Waals surface area contributed by atoms with Crippen LogP contribution in [0.25, 0.3) is 0 Å². The summed E-state index contributed by atoms with van der Waals surface area (Å²) in [6.07, 6.45) is 0. The first-order chi connectivity index (χ1) is 9.04. The Morgan fingerprint density at radius 2 is 1.84 bits per heavy atom. The standard InChI is InChI=1S/C15H30N4/c1-7-18(8-2)11-10-16-12(4)15-13(5)17-19(9-3)14(15)6/h12,16H,7-11H2,1-6H3. The number of hydrogen-bond acceptors (Lipinski definition) is 3. The molecule has 0 saturated carbocycles. The van der Waals surface area contributed by atoms with E-state index in [4.69, 9.17) is 0 Å². The van der Waals surface area contributed by atoms with Gasteiger partial charge in [0.1, 0.15) is 0 Å². The van der Waals surface area contributed by atoms with Gasteiger partial charge in [0.15, 0.2) is 0 Å². The lowest BCUT2D eigenvalue weighted by molar-refractivity contribution is 0.298. The molecule has 0 radical (unpaired) electrons. The molecular formula is C15H30N4. The first kappa shape index (κ1) is 16.2. The number of rotatable bonds is 8. The van der Waals surface area contributed by atoms with Crippen LogP contribution in [0.15, 0.2) is 0 Å². The summed E-state index contributed by atoms with van der Waals surface area (Å²) in [4.78, 5) is 2.44. The summed E-state index contributed by atoms with van der Waals surface area (Å²) in [5, 5.41) is 8.21. The number of nitrogens with one attached hydrogen (secondary N) is 1. The van der Waals surface area contributed by atoms with Gasteiger partial charge in [0.25, 0.3) is 0 Å². The lowest BCUT2D eigenvalue weighted by Crippen LogP contribution is -2.33. The minimum atomic E-state index is 0.371. The fourth-order valence-corrected chi connectivity index (χ4v) is 2.73. The van der Waals surface area contributed by atoms with Gasteiger partial charge < -0.3 is 10.2 Å². The third-order valence-electron chi connectivity index (χ3n) is 3.94. The highest BCUT2D eigenvalue weighted by Crippen LogP contribution is 2.20. The molecule has 1 atom stereocenters. The maximum Gasteiger partial charge on any atom is 0.0644 e. The first-order valence-electron chi connectivity index (χ1n) is 7.54. The summed E-state index contributed by atoms with van der Waals surface area (Å²) in [5.74, 6) is 0. The molecule has 0 aliphatic rings. The number of aromatic nitrogens is 2. The van der Waals surface area contributed by atoms with Gasteiger partial charge in [-0.25, -0.2) is 0 Å². The summed E-state index contributed by atoms with van der Waals surface area (Å²) in [5.41, 5.74) is 3.81. The van der Waals surface area contributed by atoms with Crippen LogP contribution in [-0.2, 0) is 6.54 Å². The Balaban J connectivity index is 2.58. The molecule has 0 bridgehead atoms. The van der Waals surface area contributed by atoms with Crippen molar-refractivity contribution in [3.8, 4) is 0 Å². The molecule has 1 rings (SSSR count). The highest BCUT2D eigenvalue weighted by Gasteiger charge is 2.16. The summed E-state index contributed by atoms with van der Waals surface area (Å²) < 4.78 is 2.09. The molecule has 19 heavy (non-hydrogen) atoms. The van der Waals surface area contributed by atoms with Gasteiger partial charge in [0.05, 0.1) is 5.69 Å². The topological polar surface area (TPSA) is 33.1 Å². The van der Waals surface area contributed by atoms with Crippen LogP contribution in [0.4, 0.5) is 0 Å². The lowest BCUT2D eigenvalue weighted by atomic mass is 10.1. The Labute approximate surface area is 118 Å². The van der Waals surface area contributed by atoms with Crippen molar-refractivity contribution in [3.05, 3.63) is 17.0 Å². The fourth-order valence-electron chi connectivity index (χ4n) is 2.73. The number of hydrogen-bond donors (Lipinski definition) is 1. The van der Waals surface area contributed by atoms with E-state index in [1.54, 1.807) is 0 Å². The molecule has 0 amide bonds. The zero-order valence-electron chi connectivity index (χ0n) is 13.5. The smallest absolute Gasteiger partial charge is 0.0644 e. The molecule has 0 fully saturated rings. The monoisotopic (exact) mass is 266 g/mol. The molecule has 0 aliphatic carbocycles. The number of likely N-dealkylation sites (N-methyl/N-ethyl adjacent to an activating group) is 1. The van der Waals surface area contributed by atoms with Gasteiger partial charge in [-0.1, -0.05) is 13.8 Å². The van der Waals surface area contributed by atoms with Crippen LogP contribution in [0, 0.1) is 13.8 Å². The van der Waals surface area contributed by atoms with Crippen molar-refractivity contribution in [2.75, 3.05) is 26.2 Å². The molecule has 4 nitrogen and oxygen atoms in total. The Kier molecular flexibility index (Phi) is 6.52. The van der Waals surface area contributed by atoms with Gasteiger partial charge >= 0.3 is 0 Å². The van der Waals surface area contributed by atoms with Crippen molar-refractivity contribution in [2.45, 2.75) is 54.1 Å². The zero-order chi connectivity index (χ0) is 14.4. The van der Waals surface area contributed by atoms with E-state index >= 15 is 0 Å². The number of nitrogens with zero attached hydrogens (tertiary/aromatic N) is 3. The molecule has 1 N–H and O–H groups in total. The molecule has 1 aromatic rings. The predicted molar refractivity (Wildman–Crippen MR) is 81.6 cm³/mol. The Morgan fingerprint density at radius 3 is 2.32 bits per heavy atom. The zero-order valence-corrected chi connectivity index (χ0v) is 13.5. The van der Waals surface area contributed by atoms with Crippen LogP contribution >= 0.6 is 0 Å². The largest absolute Gasteiger partial charge is 0.309 e. The van der Waals surface area contributed by atoms with Crippen LogP contribution in [0.5, 0.6) is 0 Å². The minimum Gasteiger partial charge on any atom is -0.309 e. The van der Waals surface area contributed by atoms with E-state index in [-0.39, 0.29) is 0 Å². The molecule has 1 aromatic heterocycles. The normalized spacial score (nSPS) is 13.2. The maximum absolute atomic E-state index is 4.59. The van der Waals surface area contributed by atoms with Crippen LogP contribution < -0.4 is 5.32 Å². The SMILES string of the molecule is CCN(CC)CCNC(C)c1c(C)nn(CC)c1C. The van der Waals surface area contributed by atoms with Crippen molar-refractivity contribution in [1.29, 1.82) is 0 Å². The van der Waals surface area contributed by atoms with E-state index in [2.05, 4.69) is 61.5 Å². The molecule has 1 unspecified atom stereocenters. The Morgan fingerprint density at radius 1 is 1.21 bits per heavy atom. The molecular weight excluding hydrogens is 236 g/mol. The first-order valence-corrected chi connectivity index (χ1v) is 7.54. The van der Waals surface area contributed by atoms with Crippen LogP contribution in [0.1, 0.15) is 50.7 Å². The van der Waals surface area contributed by atoms with E-state index in [0.717, 1.165) is 38.4 Å². The van der Waals surface area contributed by atoms with Crippen molar-refractivity contribution in [1.82, 2.24) is 20.0 Å².